The van der Waals surface area contributed by atoms with Crippen LogP contribution in [-0.2, 0) is 27.9 Å². The minimum absolute atomic E-state index is 0.0000313. The van der Waals surface area contributed by atoms with E-state index >= 15 is 0 Å². The summed E-state index contributed by atoms with van der Waals surface area (Å²) in [7, 11) is -2.41. The van der Waals surface area contributed by atoms with E-state index in [1.54, 1.807) is 35.4 Å². The number of ether oxygens (including phenoxy) is 1. The van der Waals surface area contributed by atoms with Gasteiger partial charge in [0.05, 0.1) is 31.4 Å². The van der Waals surface area contributed by atoms with E-state index in [0.29, 0.717) is 18.1 Å². The second-order valence-corrected chi connectivity index (χ2v) is 9.01. The van der Waals surface area contributed by atoms with Crippen molar-refractivity contribution < 1.29 is 22.4 Å². The fourth-order valence-electron chi connectivity index (χ4n) is 3.17. The molecular weight excluding hydrogens is 428 g/mol. The lowest BCUT2D eigenvalue weighted by molar-refractivity contribution is -0.132. The quantitative estimate of drug-likeness (QED) is 0.413. The lowest BCUT2D eigenvalue weighted by atomic mass is 10.2. The number of furan rings is 1. The van der Waals surface area contributed by atoms with Crippen molar-refractivity contribution in [1.29, 1.82) is 0 Å². The fourth-order valence-corrected chi connectivity index (χ4v) is 4.53. The number of rotatable bonds is 11. The number of hydrogen-bond acceptors (Lipinski definition) is 5. The summed E-state index contributed by atoms with van der Waals surface area (Å²) in [4.78, 5) is 14.9. The number of sulfonamides is 1. The molecule has 7 nitrogen and oxygen atoms in total. The summed E-state index contributed by atoms with van der Waals surface area (Å²) in [6.45, 7) is 3.88. The van der Waals surface area contributed by atoms with Gasteiger partial charge in [0, 0.05) is 13.1 Å². The van der Waals surface area contributed by atoms with E-state index < -0.39 is 10.0 Å². The highest BCUT2D eigenvalue weighted by Crippen LogP contribution is 2.20. The monoisotopic (exact) mass is 454 g/mol. The first-order valence-corrected chi connectivity index (χ1v) is 11.5. The van der Waals surface area contributed by atoms with Crippen LogP contribution in [0.25, 0.3) is 0 Å². The van der Waals surface area contributed by atoms with Gasteiger partial charge in [-0.25, -0.2) is 8.42 Å². The predicted octanol–water partition coefficient (Wildman–Crippen LogP) is 3.69. The molecule has 0 radical (unpaired) electrons. The van der Waals surface area contributed by atoms with Gasteiger partial charge in [0.15, 0.2) is 0 Å². The van der Waals surface area contributed by atoms with Crippen molar-refractivity contribution in [3.63, 3.8) is 0 Å². The summed E-state index contributed by atoms with van der Waals surface area (Å²) in [6, 6.07) is 19.1. The Morgan fingerprint density at radius 3 is 2.34 bits per heavy atom. The lowest BCUT2D eigenvalue weighted by Crippen LogP contribution is -2.42. The molecule has 1 amide bonds. The SMILES string of the molecule is C=CCN(CC(=O)N(Cc1ccccc1)Cc1ccco1)S(=O)(=O)c1ccc(OC)cc1. The molecule has 0 aliphatic heterocycles. The molecule has 32 heavy (non-hydrogen) atoms. The first kappa shape index (κ1) is 23.3. The van der Waals surface area contributed by atoms with Crippen LogP contribution in [0, 0.1) is 0 Å². The molecule has 0 aliphatic carbocycles. The Morgan fingerprint density at radius 2 is 1.75 bits per heavy atom. The zero-order chi connectivity index (χ0) is 23.0. The van der Waals surface area contributed by atoms with Crippen LogP contribution < -0.4 is 4.74 Å². The van der Waals surface area contributed by atoms with E-state index in [-0.39, 0.29) is 30.4 Å². The topological polar surface area (TPSA) is 80.1 Å². The number of methoxy groups -OCH3 is 1. The largest absolute Gasteiger partial charge is 0.497 e. The zero-order valence-electron chi connectivity index (χ0n) is 17.9. The average molecular weight is 455 g/mol. The molecule has 3 rings (SSSR count). The number of benzene rings is 2. The predicted molar refractivity (Wildman–Crippen MR) is 121 cm³/mol. The molecule has 1 heterocycles. The average Bonchev–Trinajstić information content (AvgIpc) is 3.32. The summed E-state index contributed by atoms with van der Waals surface area (Å²) in [5.41, 5.74) is 0.931. The second kappa shape index (κ2) is 10.8. The van der Waals surface area contributed by atoms with E-state index in [2.05, 4.69) is 6.58 Å². The standard InChI is InChI=1S/C24H26N2O5S/c1-3-15-26(32(28,29)23-13-11-21(30-2)12-14-23)19-24(27)25(18-22-10-7-16-31-22)17-20-8-5-4-6-9-20/h3-14,16H,1,15,17-19H2,2H3. The van der Waals surface area contributed by atoms with Gasteiger partial charge >= 0.3 is 0 Å². The molecule has 168 valence electrons. The highest BCUT2D eigenvalue weighted by atomic mass is 32.2. The molecule has 0 N–H and O–H groups in total. The van der Waals surface area contributed by atoms with Crippen LogP contribution >= 0.6 is 0 Å². The second-order valence-electron chi connectivity index (χ2n) is 7.08. The molecule has 3 aromatic rings. The molecular formula is C24H26N2O5S. The van der Waals surface area contributed by atoms with E-state index in [0.717, 1.165) is 9.87 Å². The van der Waals surface area contributed by atoms with Gasteiger partial charge in [-0.3, -0.25) is 4.79 Å². The maximum absolute atomic E-state index is 13.3. The summed E-state index contributed by atoms with van der Waals surface area (Å²) >= 11 is 0. The Balaban J connectivity index is 1.83. The van der Waals surface area contributed by atoms with Crippen LogP contribution in [0.5, 0.6) is 5.75 Å². The smallest absolute Gasteiger partial charge is 0.243 e. The maximum Gasteiger partial charge on any atom is 0.243 e. The molecule has 0 atom stereocenters. The fraction of sp³-hybridized carbons (Fsp3) is 0.208. The van der Waals surface area contributed by atoms with Crippen molar-refractivity contribution in [3.05, 3.63) is 97.0 Å². The number of amides is 1. The van der Waals surface area contributed by atoms with Crippen molar-refractivity contribution in [2.45, 2.75) is 18.0 Å². The molecule has 2 aromatic carbocycles. The third kappa shape index (κ3) is 5.87. The molecule has 0 saturated carbocycles. The lowest BCUT2D eigenvalue weighted by Gasteiger charge is -2.26. The minimum Gasteiger partial charge on any atom is -0.497 e. The maximum atomic E-state index is 13.3. The molecule has 0 fully saturated rings. The number of hydrogen-bond donors (Lipinski definition) is 0. The molecule has 0 spiro atoms. The summed E-state index contributed by atoms with van der Waals surface area (Å²) in [6.07, 6.45) is 3.00. The van der Waals surface area contributed by atoms with Crippen LogP contribution in [0.2, 0.25) is 0 Å². The van der Waals surface area contributed by atoms with Crippen molar-refractivity contribution in [2.75, 3.05) is 20.2 Å². The molecule has 1 aromatic heterocycles. The third-order valence-corrected chi connectivity index (χ3v) is 6.66. The Hall–Kier alpha value is -3.36. The van der Waals surface area contributed by atoms with Gasteiger partial charge in [0.2, 0.25) is 15.9 Å². The van der Waals surface area contributed by atoms with E-state index in [4.69, 9.17) is 9.15 Å². The van der Waals surface area contributed by atoms with Crippen LogP contribution in [0.4, 0.5) is 0 Å². The van der Waals surface area contributed by atoms with Gasteiger partial charge in [-0.2, -0.15) is 4.31 Å². The Kier molecular flexibility index (Phi) is 7.86. The normalized spacial score (nSPS) is 11.3. The molecule has 0 aliphatic rings. The molecule has 0 saturated heterocycles. The van der Waals surface area contributed by atoms with Crippen molar-refractivity contribution >= 4 is 15.9 Å². The molecule has 8 heteroatoms. The van der Waals surface area contributed by atoms with E-state index in [1.165, 1.54) is 25.3 Å². The molecule has 0 unspecified atom stereocenters. The third-order valence-electron chi connectivity index (χ3n) is 4.84. The number of nitrogens with zero attached hydrogens (tertiary/aromatic N) is 2. The van der Waals surface area contributed by atoms with E-state index in [9.17, 15) is 13.2 Å². The minimum atomic E-state index is -3.92. The van der Waals surface area contributed by atoms with Crippen LogP contribution in [0.15, 0.2) is 95.0 Å². The van der Waals surface area contributed by atoms with Crippen molar-refractivity contribution in [3.8, 4) is 5.75 Å². The first-order chi connectivity index (χ1) is 15.4. The van der Waals surface area contributed by atoms with Crippen molar-refractivity contribution in [1.82, 2.24) is 9.21 Å². The summed E-state index contributed by atoms with van der Waals surface area (Å²) in [5, 5.41) is 0. The first-order valence-electron chi connectivity index (χ1n) is 10.0. The molecule has 0 bridgehead atoms. The summed E-state index contributed by atoms with van der Waals surface area (Å²) in [5.74, 6) is 0.814. The van der Waals surface area contributed by atoms with Gasteiger partial charge < -0.3 is 14.1 Å². The van der Waals surface area contributed by atoms with Gasteiger partial charge in [-0.15, -0.1) is 6.58 Å². The van der Waals surface area contributed by atoms with Gasteiger partial charge in [-0.05, 0) is 42.0 Å². The highest BCUT2D eigenvalue weighted by Gasteiger charge is 2.28. The summed E-state index contributed by atoms with van der Waals surface area (Å²) < 4.78 is 38.0. The van der Waals surface area contributed by atoms with Gasteiger partial charge in [-0.1, -0.05) is 36.4 Å². The Bertz CT molecular complexity index is 1110. The number of carbonyl (C=O) groups excluding carboxylic acids is 1. The van der Waals surface area contributed by atoms with Crippen LogP contribution in [-0.4, -0.2) is 43.7 Å². The van der Waals surface area contributed by atoms with Crippen LogP contribution in [0.3, 0.4) is 0 Å². The van der Waals surface area contributed by atoms with Crippen LogP contribution in [0.1, 0.15) is 11.3 Å². The zero-order valence-corrected chi connectivity index (χ0v) is 18.7. The Labute approximate surface area is 188 Å². The van der Waals surface area contributed by atoms with Gasteiger partial charge in [0.25, 0.3) is 0 Å². The number of carbonyl (C=O) groups is 1. The Morgan fingerprint density at radius 1 is 1.03 bits per heavy atom. The highest BCUT2D eigenvalue weighted by molar-refractivity contribution is 7.89. The van der Waals surface area contributed by atoms with E-state index in [1.807, 2.05) is 30.3 Å². The van der Waals surface area contributed by atoms with Gasteiger partial charge in [0.1, 0.15) is 11.5 Å². The van der Waals surface area contributed by atoms with Crippen molar-refractivity contribution in [2.24, 2.45) is 0 Å².